The minimum atomic E-state index is -4.36. The summed E-state index contributed by atoms with van der Waals surface area (Å²) in [5.41, 5.74) is 0.970. The average Bonchev–Trinajstić information content (AvgIpc) is 3.33. The normalized spacial score (nSPS) is 16.0. The molecule has 1 atom stereocenters. The largest absolute Gasteiger partial charge is 0.497 e. The third-order valence-corrected chi connectivity index (χ3v) is 3.62. The van der Waals surface area contributed by atoms with Gasteiger partial charge in [0.25, 0.3) is 0 Å². The van der Waals surface area contributed by atoms with Gasteiger partial charge in [-0.25, -0.2) is 0 Å². The molecular formula is C16H20F3NO3. The first kappa shape index (κ1) is 17.6. The summed E-state index contributed by atoms with van der Waals surface area (Å²) < 4.78 is 45.4. The summed E-state index contributed by atoms with van der Waals surface area (Å²) in [5, 5.41) is 2.89. The number of carbonyl (C=O) groups is 1. The number of hydrogen-bond acceptors (Lipinski definition) is 3. The second-order valence-electron chi connectivity index (χ2n) is 5.57. The van der Waals surface area contributed by atoms with Crippen molar-refractivity contribution in [1.29, 1.82) is 0 Å². The van der Waals surface area contributed by atoms with Crippen molar-refractivity contribution in [2.45, 2.75) is 31.5 Å². The maximum Gasteiger partial charge on any atom is 0.411 e. The minimum absolute atomic E-state index is 0.0878. The molecule has 23 heavy (non-hydrogen) atoms. The summed E-state index contributed by atoms with van der Waals surface area (Å²) in [7, 11) is 1.58. The van der Waals surface area contributed by atoms with E-state index in [1.807, 2.05) is 24.3 Å². The second kappa shape index (κ2) is 7.68. The molecule has 2 rings (SSSR count). The molecule has 0 heterocycles. The van der Waals surface area contributed by atoms with Gasteiger partial charge in [0.2, 0.25) is 5.91 Å². The van der Waals surface area contributed by atoms with Crippen molar-refractivity contribution in [2.24, 2.45) is 5.92 Å². The molecule has 1 aliphatic rings. The van der Waals surface area contributed by atoms with Gasteiger partial charge >= 0.3 is 6.18 Å². The number of alkyl halides is 3. The molecule has 0 aliphatic heterocycles. The van der Waals surface area contributed by atoms with E-state index in [9.17, 15) is 18.0 Å². The van der Waals surface area contributed by atoms with E-state index < -0.39 is 12.8 Å². The Hall–Kier alpha value is -1.76. The first-order valence-electron chi connectivity index (χ1n) is 7.47. The molecular weight excluding hydrogens is 311 g/mol. The maximum atomic E-state index is 12.0. The van der Waals surface area contributed by atoms with E-state index in [1.165, 1.54) is 0 Å². The zero-order valence-corrected chi connectivity index (χ0v) is 12.9. The molecule has 7 heteroatoms. The van der Waals surface area contributed by atoms with Gasteiger partial charge in [-0.15, -0.1) is 0 Å². The Kier molecular flexibility index (Phi) is 5.87. The number of rotatable bonds is 8. The predicted molar refractivity (Wildman–Crippen MR) is 78.1 cm³/mol. The van der Waals surface area contributed by atoms with Crippen LogP contribution in [0.3, 0.4) is 0 Å². The third-order valence-electron chi connectivity index (χ3n) is 3.62. The third kappa shape index (κ3) is 6.09. The summed E-state index contributed by atoms with van der Waals surface area (Å²) >= 11 is 0. The number of carbonyl (C=O) groups excluding carboxylic acids is 1. The fraction of sp³-hybridized carbons (Fsp3) is 0.562. The van der Waals surface area contributed by atoms with Crippen LogP contribution < -0.4 is 10.1 Å². The van der Waals surface area contributed by atoms with Crippen molar-refractivity contribution < 1.29 is 27.4 Å². The highest BCUT2D eigenvalue weighted by molar-refractivity contribution is 5.76. The highest BCUT2D eigenvalue weighted by atomic mass is 19.4. The number of hydrogen-bond donors (Lipinski definition) is 1. The Labute approximate surface area is 133 Å². The molecule has 1 fully saturated rings. The molecule has 0 aromatic heterocycles. The Bertz CT molecular complexity index is 512. The van der Waals surface area contributed by atoms with Crippen molar-refractivity contribution >= 4 is 5.91 Å². The molecule has 4 nitrogen and oxygen atoms in total. The SMILES string of the molecule is COc1ccc(C(NC(=O)CCOCC(F)(F)F)C2CC2)cc1. The van der Waals surface area contributed by atoms with Gasteiger partial charge in [0.05, 0.1) is 19.8 Å². The lowest BCUT2D eigenvalue weighted by molar-refractivity contribution is -0.174. The van der Waals surface area contributed by atoms with Gasteiger partial charge in [-0.05, 0) is 36.5 Å². The van der Waals surface area contributed by atoms with E-state index in [0.29, 0.717) is 5.92 Å². The molecule has 0 bridgehead atoms. The van der Waals surface area contributed by atoms with E-state index in [2.05, 4.69) is 10.1 Å². The van der Waals surface area contributed by atoms with Crippen LogP contribution in [-0.2, 0) is 9.53 Å². The average molecular weight is 331 g/mol. The number of ether oxygens (including phenoxy) is 2. The van der Waals surface area contributed by atoms with Gasteiger partial charge in [-0.3, -0.25) is 4.79 Å². The standard InChI is InChI=1S/C16H20F3NO3/c1-22-13-6-4-12(5-7-13)15(11-2-3-11)20-14(21)8-9-23-10-16(17,18)19/h4-7,11,15H,2-3,8-10H2,1H3,(H,20,21). The van der Waals surface area contributed by atoms with Crippen LogP contribution in [0.1, 0.15) is 30.9 Å². The van der Waals surface area contributed by atoms with E-state index in [4.69, 9.17) is 4.74 Å². The van der Waals surface area contributed by atoms with E-state index in [1.54, 1.807) is 7.11 Å². The summed E-state index contributed by atoms with van der Waals surface area (Å²) in [5.74, 6) is 0.804. The van der Waals surface area contributed by atoms with Crippen LogP contribution in [0.4, 0.5) is 13.2 Å². The van der Waals surface area contributed by atoms with Crippen LogP contribution in [0.2, 0.25) is 0 Å². The van der Waals surface area contributed by atoms with Gasteiger partial charge in [-0.2, -0.15) is 13.2 Å². The number of amides is 1. The molecule has 0 spiro atoms. The number of benzene rings is 1. The van der Waals surface area contributed by atoms with Crippen molar-refractivity contribution in [3.8, 4) is 5.75 Å². The van der Waals surface area contributed by atoms with Gasteiger partial charge in [0.1, 0.15) is 12.4 Å². The zero-order chi connectivity index (χ0) is 16.9. The van der Waals surface area contributed by atoms with Gasteiger partial charge in [-0.1, -0.05) is 12.1 Å². The summed E-state index contributed by atoms with van der Waals surface area (Å²) in [6, 6.07) is 7.31. The number of nitrogens with one attached hydrogen (secondary N) is 1. The van der Waals surface area contributed by atoms with Crippen LogP contribution >= 0.6 is 0 Å². The lowest BCUT2D eigenvalue weighted by Crippen LogP contribution is -2.31. The Morgan fingerprint density at radius 2 is 1.96 bits per heavy atom. The van der Waals surface area contributed by atoms with Gasteiger partial charge < -0.3 is 14.8 Å². The quantitative estimate of drug-likeness (QED) is 0.744. The highest BCUT2D eigenvalue weighted by Gasteiger charge is 2.33. The maximum absolute atomic E-state index is 12.0. The van der Waals surface area contributed by atoms with Crippen LogP contribution in [0.5, 0.6) is 5.75 Å². The van der Waals surface area contributed by atoms with Crippen LogP contribution in [-0.4, -0.2) is 32.4 Å². The monoisotopic (exact) mass is 331 g/mol. The topological polar surface area (TPSA) is 47.6 Å². The van der Waals surface area contributed by atoms with Gasteiger partial charge in [0, 0.05) is 6.42 Å². The first-order valence-corrected chi connectivity index (χ1v) is 7.47. The minimum Gasteiger partial charge on any atom is -0.497 e. The Morgan fingerprint density at radius 1 is 1.30 bits per heavy atom. The molecule has 128 valence electrons. The van der Waals surface area contributed by atoms with Crippen LogP contribution in [0, 0.1) is 5.92 Å². The molecule has 1 N–H and O–H groups in total. The Morgan fingerprint density at radius 3 is 2.48 bits per heavy atom. The summed E-state index contributed by atoms with van der Waals surface area (Å²) in [4.78, 5) is 11.9. The molecule has 0 saturated heterocycles. The van der Waals surface area contributed by atoms with E-state index in [0.717, 1.165) is 24.2 Å². The molecule has 1 saturated carbocycles. The molecule has 1 unspecified atom stereocenters. The Balaban J connectivity index is 1.83. The van der Waals surface area contributed by atoms with Crippen LogP contribution in [0.25, 0.3) is 0 Å². The molecule has 1 aromatic rings. The lowest BCUT2D eigenvalue weighted by atomic mass is 10.0. The van der Waals surface area contributed by atoms with Crippen molar-refractivity contribution in [2.75, 3.05) is 20.3 Å². The van der Waals surface area contributed by atoms with Gasteiger partial charge in [0.15, 0.2) is 0 Å². The molecule has 1 aliphatic carbocycles. The van der Waals surface area contributed by atoms with Crippen LogP contribution in [0.15, 0.2) is 24.3 Å². The second-order valence-corrected chi connectivity index (χ2v) is 5.57. The lowest BCUT2D eigenvalue weighted by Gasteiger charge is -2.19. The van der Waals surface area contributed by atoms with Crippen molar-refractivity contribution in [3.05, 3.63) is 29.8 Å². The fourth-order valence-corrected chi connectivity index (χ4v) is 2.31. The van der Waals surface area contributed by atoms with Crippen molar-refractivity contribution in [1.82, 2.24) is 5.32 Å². The molecule has 1 amide bonds. The first-order chi connectivity index (χ1) is 10.9. The predicted octanol–water partition coefficient (Wildman–Crippen LogP) is 3.23. The molecule has 1 aromatic carbocycles. The molecule has 0 radical (unpaired) electrons. The van der Waals surface area contributed by atoms with Crippen molar-refractivity contribution in [3.63, 3.8) is 0 Å². The number of methoxy groups -OCH3 is 1. The summed E-state index contributed by atoms with van der Waals surface area (Å²) in [6.45, 7) is -1.57. The fourth-order valence-electron chi connectivity index (χ4n) is 2.31. The highest BCUT2D eigenvalue weighted by Crippen LogP contribution is 2.41. The summed E-state index contributed by atoms with van der Waals surface area (Å²) in [6.07, 6.45) is -2.39. The number of halogens is 3. The smallest absolute Gasteiger partial charge is 0.411 e. The van der Waals surface area contributed by atoms with E-state index >= 15 is 0 Å². The van der Waals surface area contributed by atoms with E-state index in [-0.39, 0.29) is 25.0 Å². The zero-order valence-electron chi connectivity index (χ0n) is 12.9.